The second-order valence-electron chi connectivity index (χ2n) is 11.7. The fourth-order valence-corrected chi connectivity index (χ4v) is 5.50. The lowest BCUT2D eigenvalue weighted by molar-refractivity contribution is 0.420. The lowest BCUT2D eigenvalue weighted by Gasteiger charge is -2.26. The molecule has 0 aliphatic carbocycles. The van der Waals surface area contributed by atoms with Gasteiger partial charge in [-0.05, 0) is 99.8 Å². The van der Waals surface area contributed by atoms with Crippen LogP contribution in [-0.4, -0.2) is 35.1 Å². The Morgan fingerprint density at radius 2 is 1.98 bits per heavy atom. The SMILES string of the molecule is C/C=N\N1C=CC(Oc2ccc(NC(=N/C=C/CC)c3nc4c(cc3C)CCC(C)CN4CCCC)cc2C)=C/C1=C\CC. The van der Waals surface area contributed by atoms with Crippen LogP contribution in [0, 0.1) is 19.8 Å². The number of fused-ring (bicyclic) bond motifs is 1. The summed E-state index contributed by atoms with van der Waals surface area (Å²) in [6.45, 7) is 17.0. The number of hydrazone groups is 1. The summed E-state index contributed by atoms with van der Waals surface area (Å²) in [6, 6.07) is 8.49. The molecule has 0 amide bonds. The number of amidine groups is 1. The third kappa shape index (κ3) is 8.49. The van der Waals surface area contributed by atoms with Crippen molar-refractivity contribution in [2.24, 2.45) is 16.0 Å². The quantitative estimate of drug-likeness (QED) is 0.208. The monoisotopic (exact) mass is 594 g/mol. The predicted octanol–water partition coefficient (Wildman–Crippen LogP) is 9.06. The number of unbranched alkanes of at least 4 members (excludes halogenated alkanes) is 1. The highest BCUT2D eigenvalue weighted by molar-refractivity contribution is 6.08. The van der Waals surface area contributed by atoms with Gasteiger partial charge in [0.2, 0.25) is 0 Å². The highest BCUT2D eigenvalue weighted by Crippen LogP contribution is 2.31. The number of nitrogens with one attached hydrogen (secondary N) is 1. The first-order valence-electron chi connectivity index (χ1n) is 16.3. The van der Waals surface area contributed by atoms with Gasteiger partial charge in [0.05, 0.1) is 5.70 Å². The molecule has 2 aliphatic rings. The maximum Gasteiger partial charge on any atom is 0.156 e. The van der Waals surface area contributed by atoms with Crippen LogP contribution in [-0.2, 0) is 6.42 Å². The highest BCUT2D eigenvalue weighted by atomic mass is 16.5. The van der Waals surface area contributed by atoms with Crippen molar-refractivity contribution in [2.45, 2.75) is 87.0 Å². The molecule has 3 heterocycles. The Morgan fingerprint density at radius 1 is 1.14 bits per heavy atom. The van der Waals surface area contributed by atoms with E-state index in [-0.39, 0.29) is 0 Å². The molecule has 4 rings (SSSR count). The van der Waals surface area contributed by atoms with Gasteiger partial charge < -0.3 is 15.0 Å². The molecule has 1 N–H and O–H groups in total. The Balaban J connectivity index is 1.62. The average molecular weight is 595 g/mol. The van der Waals surface area contributed by atoms with Crippen LogP contribution in [0.3, 0.4) is 0 Å². The number of aryl methyl sites for hydroxylation is 3. The van der Waals surface area contributed by atoms with Gasteiger partial charge in [-0.1, -0.05) is 52.3 Å². The zero-order valence-corrected chi connectivity index (χ0v) is 27.7. The topological polar surface area (TPSA) is 65.3 Å². The van der Waals surface area contributed by atoms with E-state index in [1.54, 1.807) is 6.21 Å². The van der Waals surface area contributed by atoms with E-state index < -0.39 is 0 Å². The normalized spacial score (nSPS) is 18.2. The minimum Gasteiger partial charge on any atom is -0.457 e. The Kier molecular flexibility index (Phi) is 12.0. The number of allylic oxidation sites excluding steroid dienone is 4. The van der Waals surface area contributed by atoms with Crippen molar-refractivity contribution in [2.75, 3.05) is 23.3 Å². The van der Waals surface area contributed by atoms with Crippen LogP contribution >= 0.6 is 0 Å². The third-order valence-corrected chi connectivity index (χ3v) is 7.81. The number of ether oxygens (including phenoxy) is 1. The summed E-state index contributed by atoms with van der Waals surface area (Å²) in [5, 5.41) is 9.86. The molecular weight excluding hydrogens is 544 g/mol. The van der Waals surface area contributed by atoms with Crippen LogP contribution in [0.5, 0.6) is 5.75 Å². The first-order valence-corrected chi connectivity index (χ1v) is 16.3. The molecule has 7 nitrogen and oxygen atoms in total. The molecule has 7 heteroatoms. The number of anilines is 2. The van der Waals surface area contributed by atoms with Crippen molar-refractivity contribution >= 4 is 23.6 Å². The Labute approximate surface area is 264 Å². The third-order valence-electron chi connectivity index (χ3n) is 7.81. The Bertz CT molecular complexity index is 1460. The van der Waals surface area contributed by atoms with Crippen molar-refractivity contribution in [3.05, 3.63) is 94.8 Å². The lowest BCUT2D eigenvalue weighted by Crippen LogP contribution is -2.30. The van der Waals surface area contributed by atoms with Gasteiger partial charge >= 0.3 is 0 Å². The molecular formula is C37H50N6O. The summed E-state index contributed by atoms with van der Waals surface area (Å²) in [5.41, 5.74) is 6.33. The highest BCUT2D eigenvalue weighted by Gasteiger charge is 2.23. The molecule has 0 saturated heterocycles. The second kappa shape index (κ2) is 16.1. The molecule has 234 valence electrons. The van der Waals surface area contributed by atoms with E-state index in [9.17, 15) is 0 Å². The standard InChI is InChI=1S/C37H50N6O/c1-8-12-20-38-36(35-29(7)23-30-16-15-27(5)26-42(21-13-9-2)37(30)41-35)40-31-17-18-34(28(6)24-31)44-33-19-22-43(39-11-4)32(25-33)14-10-3/h11-12,14,17-20,22-25,27H,8-10,13,15-16,21,26H2,1-7H3,(H,38,40)/b20-12+,32-14+,39-11-. The average Bonchev–Trinajstić information content (AvgIpc) is 3.15. The molecule has 2 aliphatic heterocycles. The Morgan fingerprint density at radius 3 is 2.70 bits per heavy atom. The van der Waals surface area contributed by atoms with E-state index in [0.29, 0.717) is 5.92 Å². The van der Waals surface area contributed by atoms with Gasteiger partial charge in [-0.25, -0.2) is 15.0 Å². The van der Waals surface area contributed by atoms with Crippen LogP contribution < -0.4 is 15.0 Å². The number of hydrogen-bond donors (Lipinski definition) is 1. The molecule has 1 unspecified atom stereocenters. The van der Waals surface area contributed by atoms with Crippen molar-refractivity contribution < 1.29 is 4.74 Å². The molecule has 2 aromatic rings. The second-order valence-corrected chi connectivity index (χ2v) is 11.7. The number of aliphatic imine (C=N–C) groups is 1. The van der Waals surface area contributed by atoms with E-state index in [1.165, 1.54) is 18.4 Å². The van der Waals surface area contributed by atoms with E-state index in [2.05, 4.69) is 81.1 Å². The van der Waals surface area contributed by atoms with Crippen LogP contribution in [0.4, 0.5) is 11.5 Å². The smallest absolute Gasteiger partial charge is 0.156 e. The summed E-state index contributed by atoms with van der Waals surface area (Å²) < 4.78 is 6.33. The molecule has 0 radical (unpaired) electrons. The van der Waals surface area contributed by atoms with E-state index in [4.69, 9.17) is 14.7 Å². The van der Waals surface area contributed by atoms with Gasteiger partial charge in [0.25, 0.3) is 0 Å². The maximum atomic E-state index is 6.33. The number of pyridine rings is 1. The first kappa shape index (κ1) is 32.8. The summed E-state index contributed by atoms with van der Waals surface area (Å²) in [4.78, 5) is 12.7. The van der Waals surface area contributed by atoms with Crippen molar-refractivity contribution in [1.29, 1.82) is 0 Å². The molecule has 1 atom stereocenters. The van der Waals surface area contributed by atoms with Gasteiger partial charge in [-0.2, -0.15) is 5.10 Å². The largest absolute Gasteiger partial charge is 0.457 e. The summed E-state index contributed by atoms with van der Waals surface area (Å²) in [6.07, 6.45) is 20.2. The zero-order chi connectivity index (χ0) is 31.5. The lowest BCUT2D eigenvalue weighted by atomic mass is 10.0. The Hall–Kier alpha value is -4.13. The molecule has 0 bridgehead atoms. The number of benzene rings is 1. The summed E-state index contributed by atoms with van der Waals surface area (Å²) >= 11 is 0. The predicted molar refractivity (Wildman–Crippen MR) is 187 cm³/mol. The number of hydrogen-bond acceptors (Lipinski definition) is 6. The van der Waals surface area contributed by atoms with Gasteiger partial charge in [0, 0.05) is 43.5 Å². The molecule has 1 aromatic heterocycles. The van der Waals surface area contributed by atoms with Crippen molar-refractivity contribution in [1.82, 2.24) is 9.99 Å². The summed E-state index contributed by atoms with van der Waals surface area (Å²) in [7, 11) is 0. The van der Waals surface area contributed by atoms with E-state index >= 15 is 0 Å². The minimum absolute atomic E-state index is 0.644. The molecule has 44 heavy (non-hydrogen) atoms. The maximum absolute atomic E-state index is 6.33. The van der Waals surface area contributed by atoms with Crippen LogP contribution in [0.2, 0.25) is 0 Å². The van der Waals surface area contributed by atoms with Gasteiger partial charge in [-0.3, -0.25) is 0 Å². The van der Waals surface area contributed by atoms with Gasteiger partial charge in [0.1, 0.15) is 23.0 Å². The van der Waals surface area contributed by atoms with Crippen molar-refractivity contribution in [3.63, 3.8) is 0 Å². The van der Waals surface area contributed by atoms with Crippen LogP contribution in [0.25, 0.3) is 0 Å². The van der Waals surface area contributed by atoms with Crippen LogP contribution in [0.15, 0.2) is 82.5 Å². The van der Waals surface area contributed by atoms with Crippen LogP contribution in [0.1, 0.15) is 89.1 Å². The van der Waals surface area contributed by atoms with Gasteiger partial charge in [0.15, 0.2) is 5.84 Å². The molecule has 0 saturated carbocycles. The molecule has 0 spiro atoms. The minimum atomic E-state index is 0.644. The van der Waals surface area contributed by atoms with E-state index in [0.717, 1.165) is 90.1 Å². The van der Waals surface area contributed by atoms with E-state index in [1.807, 2.05) is 48.6 Å². The fourth-order valence-electron chi connectivity index (χ4n) is 5.50. The fraction of sp³-hybridized carbons (Fsp3) is 0.432. The van der Waals surface area contributed by atoms with Gasteiger partial charge in [-0.15, -0.1) is 0 Å². The first-order chi connectivity index (χ1) is 21.4. The van der Waals surface area contributed by atoms with Crippen molar-refractivity contribution in [3.8, 4) is 5.75 Å². The number of aromatic nitrogens is 1. The number of nitrogens with zero attached hydrogens (tertiary/aromatic N) is 5. The zero-order valence-electron chi connectivity index (χ0n) is 27.7. The molecule has 0 fully saturated rings. The summed E-state index contributed by atoms with van der Waals surface area (Å²) in [5.74, 6) is 4.09. The number of rotatable bonds is 11. The molecule has 1 aromatic carbocycles.